The molecule has 3 aromatic heterocycles. The largest absolute Gasteiger partial charge is 0.299 e. The topological polar surface area (TPSA) is 38.9 Å². The van der Waals surface area contributed by atoms with Gasteiger partial charge in [0.25, 0.3) is 0 Å². The molecule has 6 heterocycles. The van der Waals surface area contributed by atoms with Crippen LogP contribution in [-0.2, 0) is 6.54 Å². The quantitative estimate of drug-likeness (QED) is 0.547. The van der Waals surface area contributed by atoms with Crippen molar-refractivity contribution in [3.05, 3.63) is 72.2 Å². The van der Waals surface area contributed by atoms with Crippen molar-refractivity contribution >= 4 is 10.9 Å². The second kappa shape index (κ2) is 5.79. The zero-order valence-corrected chi connectivity index (χ0v) is 15.1. The van der Waals surface area contributed by atoms with Crippen molar-refractivity contribution in [1.82, 2.24) is 24.2 Å². The van der Waals surface area contributed by atoms with Crippen molar-refractivity contribution in [3.63, 3.8) is 0 Å². The molecule has 0 N–H and O–H groups in total. The Morgan fingerprint density at radius 3 is 2.59 bits per heavy atom. The standard InChI is InChI=1S/C22H21N5/c1-2-6-19-17(5-1)18-15-25-13-9-16(10-14-25)22(18)27(19)21-8-3-7-20(24-21)26-12-4-11-23-26/h1-8,11-12,16H,9-10,13-15H2. The van der Waals surface area contributed by atoms with Gasteiger partial charge in [-0.1, -0.05) is 24.3 Å². The van der Waals surface area contributed by atoms with E-state index in [9.17, 15) is 0 Å². The van der Waals surface area contributed by atoms with E-state index in [2.05, 4.69) is 51.0 Å². The molecule has 4 aromatic rings. The molecule has 0 spiro atoms. The number of nitrogens with zero attached hydrogens (tertiary/aromatic N) is 5. The van der Waals surface area contributed by atoms with Crippen LogP contribution < -0.4 is 0 Å². The van der Waals surface area contributed by atoms with E-state index in [4.69, 9.17) is 4.98 Å². The van der Waals surface area contributed by atoms with Crippen LogP contribution in [-0.4, -0.2) is 37.3 Å². The van der Waals surface area contributed by atoms with Gasteiger partial charge in [-0.15, -0.1) is 0 Å². The Labute approximate surface area is 157 Å². The minimum atomic E-state index is 0.612. The number of benzene rings is 1. The Balaban J connectivity index is 1.63. The number of hydrogen-bond acceptors (Lipinski definition) is 3. The van der Waals surface area contributed by atoms with Gasteiger partial charge in [0.15, 0.2) is 5.82 Å². The third-order valence-electron chi connectivity index (χ3n) is 6.06. The molecule has 0 aliphatic carbocycles. The van der Waals surface area contributed by atoms with E-state index in [1.54, 1.807) is 6.20 Å². The van der Waals surface area contributed by atoms with Gasteiger partial charge in [-0.3, -0.25) is 9.47 Å². The molecule has 0 unspecified atom stereocenters. The highest BCUT2D eigenvalue weighted by Crippen LogP contribution is 2.42. The number of hydrogen-bond donors (Lipinski definition) is 0. The van der Waals surface area contributed by atoms with Crippen molar-refractivity contribution in [1.29, 1.82) is 0 Å². The summed E-state index contributed by atoms with van der Waals surface area (Å²) >= 11 is 0. The van der Waals surface area contributed by atoms with Crippen LogP contribution in [0, 0.1) is 0 Å². The molecule has 0 saturated carbocycles. The van der Waals surface area contributed by atoms with E-state index in [0.717, 1.165) is 18.2 Å². The normalized spacial score (nSPS) is 21.3. The molecule has 134 valence electrons. The second-order valence-electron chi connectivity index (χ2n) is 7.57. The van der Waals surface area contributed by atoms with Gasteiger partial charge in [0.1, 0.15) is 5.82 Å². The van der Waals surface area contributed by atoms with Gasteiger partial charge in [-0.05, 0) is 55.8 Å². The molecule has 5 heteroatoms. The van der Waals surface area contributed by atoms with Crippen molar-refractivity contribution in [2.24, 2.45) is 0 Å². The van der Waals surface area contributed by atoms with Crippen molar-refractivity contribution in [3.8, 4) is 11.6 Å². The maximum absolute atomic E-state index is 4.98. The molecule has 1 fully saturated rings. The first-order valence-electron chi connectivity index (χ1n) is 9.70. The van der Waals surface area contributed by atoms with Crippen LogP contribution in [0.5, 0.6) is 0 Å². The van der Waals surface area contributed by atoms with Crippen LogP contribution in [0.25, 0.3) is 22.5 Å². The molecule has 3 aliphatic heterocycles. The number of rotatable bonds is 2. The Morgan fingerprint density at radius 2 is 1.74 bits per heavy atom. The van der Waals surface area contributed by atoms with Gasteiger partial charge in [-0.25, -0.2) is 9.67 Å². The fourth-order valence-electron chi connectivity index (χ4n) is 4.83. The smallest absolute Gasteiger partial charge is 0.155 e. The Hall–Kier alpha value is -2.92. The van der Waals surface area contributed by atoms with Gasteiger partial charge in [0.05, 0.1) is 5.52 Å². The van der Waals surface area contributed by atoms with Crippen molar-refractivity contribution < 1.29 is 0 Å². The number of para-hydroxylation sites is 1. The Morgan fingerprint density at radius 1 is 0.889 bits per heavy atom. The zero-order chi connectivity index (χ0) is 17.8. The van der Waals surface area contributed by atoms with Crippen LogP contribution in [0.4, 0.5) is 0 Å². The summed E-state index contributed by atoms with van der Waals surface area (Å²) in [4.78, 5) is 7.58. The van der Waals surface area contributed by atoms with E-state index in [0.29, 0.717) is 5.92 Å². The molecule has 0 amide bonds. The molecule has 2 bridgehead atoms. The number of fused-ring (bicyclic) bond motifs is 3. The highest BCUT2D eigenvalue weighted by Gasteiger charge is 2.33. The summed E-state index contributed by atoms with van der Waals surface area (Å²) in [6, 6.07) is 16.9. The van der Waals surface area contributed by atoms with Gasteiger partial charge in [0.2, 0.25) is 0 Å². The lowest BCUT2D eigenvalue weighted by Gasteiger charge is -2.27. The van der Waals surface area contributed by atoms with E-state index in [1.165, 1.54) is 48.1 Å². The molecule has 7 rings (SSSR count). The third kappa shape index (κ3) is 2.28. The molecular weight excluding hydrogens is 334 g/mol. The average molecular weight is 355 g/mol. The first-order valence-corrected chi connectivity index (χ1v) is 9.70. The monoisotopic (exact) mass is 355 g/mol. The summed E-state index contributed by atoms with van der Waals surface area (Å²) < 4.78 is 4.24. The van der Waals surface area contributed by atoms with Crippen LogP contribution in [0.15, 0.2) is 60.9 Å². The Kier molecular flexibility index (Phi) is 3.25. The predicted molar refractivity (Wildman–Crippen MR) is 105 cm³/mol. The molecule has 0 radical (unpaired) electrons. The molecule has 1 saturated heterocycles. The first kappa shape index (κ1) is 15.2. The van der Waals surface area contributed by atoms with Crippen LogP contribution in [0.1, 0.15) is 30.0 Å². The average Bonchev–Trinajstić information content (AvgIpc) is 3.28. The second-order valence-corrected chi connectivity index (χ2v) is 7.57. The van der Waals surface area contributed by atoms with Gasteiger partial charge >= 0.3 is 0 Å². The Bertz CT molecular complexity index is 1120. The van der Waals surface area contributed by atoms with Crippen molar-refractivity contribution in [2.45, 2.75) is 25.3 Å². The maximum atomic E-state index is 4.98. The lowest BCUT2D eigenvalue weighted by atomic mass is 9.94. The van der Waals surface area contributed by atoms with Crippen molar-refractivity contribution in [2.75, 3.05) is 13.1 Å². The SMILES string of the molecule is c1cc(-n2cccn2)nc(-n2c3c(c4ccccc42)CN2CCC3CC2)c1. The fourth-order valence-corrected chi connectivity index (χ4v) is 4.83. The summed E-state index contributed by atoms with van der Waals surface area (Å²) in [6.07, 6.45) is 6.21. The molecule has 27 heavy (non-hydrogen) atoms. The highest BCUT2D eigenvalue weighted by atomic mass is 15.3. The molecule has 1 aromatic carbocycles. The molecular formula is C22H21N5. The van der Waals surface area contributed by atoms with E-state index in [1.807, 2.05) is 23.0 Å². The summed E-state index contributed by atoms with van der Waals surface area (Å²) in [5.41, 5.74) is 4.24. The summed E-state index contributed by atoms with van der Waals surface area (Å²) in [5, 5.41) is 5.72. The molecule has 0 atom stereocenters. The minimum absolute atomic E-state index is 0.612. The molecule has 5 nitrogen and oxygen atoms in total. The van der Waals surface area contributed by atoms with E-state index in [-0.39, 0.29) is 0 Å². The van der Waals surface area contributed by atoms with Gasteiger partial charge in [0, 0.05) is 35.9 Å². The number of aromatic nitrogens is 4. The van der Waals surface area contributed by atoms with Crippen LogP contribution in [0.3, 0.4) is 0 Å². The first-order chi connectivity index (χ1) is 13.4. The van der Waals surface area contributed by atoms with E-state index < -0.39 is 0 Å². The predicted octanol–water partition coefficient (Wildman–Crippen LogP) is 3.90. The van der Waals surface area contributed by atoms with E-state index >= 15 is 0 Å². The summed E-state index contributed by atoms with van der Waals surface area (Å²) in [7, 11) is 0. The maximum Gasteiger partial charge on any atom is 0.155 e. The highest BCUT2D eigenvalue weighted by molar-refractivity contribution is 5.87. The van der Waals surface area contributed by atoms with Gasteiger partial charge < -0.3 is 0 Å². The minimum Gasteiger partial charge on any atom is -0.299 e. The van der Waals surface area contributed by atoms with Crippen LogP contribution >= 0.6 is 0 Å². The fraction of sp³-hybridized carbons (Fsp3) is 0.273. The van der Waals surface area contributed by atoms with Crippen LogP contribution in [0.2, 0.25) is 0 Å². The number of pyridine rings is 1. The lowest BCUT2D eigenvalue weighted by Crippen LogP contribution is -2.29. The van der Waals surface area contributed by atoms with Gasteiger partial charge in [-0.2, -0.15) is 5.10 Å². The lowest BCUT2D eigenvalue weighted by molar-refractivity contribution is 0.220. The third-order valence-corrected chi connectivity index (χ3v) is 6.06. The zero-order valence-electron chi connectivity index (χ0n) is 15.1. The summed E-state index contributed by atoms with van der Waals surface area (Å²) in [6.45, 7) is 3.46. The summed E-state index contributed by atoms with van der Waals surface area (Å²) in [5.74, 6) is 2.45. The number of piperidine rings is 1. The molecule has 3 aliphatic rings.